The molecular weight excluding hydrogens is 548 g/mol. The summed E-state index contributed by atoms with van der Waals surface area (Å²) in [6.45, 7) is 9.57. The molecule has 1 aromatic heterocycles. The summed E-state index contributed by atoms with van der Waals surface area (Å²) in [6, 6.07) is 19.2. The molecule has 0 saturated heterocycles. The highest BCUT2D eigenvalue weighted by Crippen LogP contribution is 2.46. The first-order valence-electron chi connectivity index (χ1n) is 13.7. The number of amides is 1. The maximum atomic E-state index is 14.2. The van der Waals surface area contributed by atoms with Crippen molar-refractivity contribution < 1.29 is 19.1 Å². The number of fused-ring (bicyclic) bond motifs is 2. The van der Waals surface area contributed by atoms with Crippen LogP contribution in [0.1, 0.15) is 58.1 Å². The minimum absolute atomic E-state index is 0.00900. The fraction of sp³-hybridized carbons (Fsp3) is 0.273. The van der Waals surface area contributed by atoms with Crippen LogP contribution in [0.5, 0.6) is 5.75 Å². The Labute approximate surface area is 249 Å². The van der Waals surface area contributed by atoms with Gasteiger partial charge in [0.05, 0.1) is 34.8 Å². The Kier molecular flexibility index (Phi) is 8.10. The van der Waals surface area contributed by atoms with E-state index in [-0.39, 0.29) is 22.7 Å². The Balaban J connectivity index is 1.66. The third-order valence-electron chi connectivity index (χ3n) is 7.52. The Morgan fingerprint density at radius 3 is 2.57 bits per heavy atom. The van der Waals surface area contributed by atoms with Crippen molar-refractivity contribution in [1.29, 1.82) is 5.26 Å². The lowest BCUT2D eigenvalue weighted by Crippen LogP contribution is -2.41. The molecule has 2 N–H and O–H groups in total. The number of ether oxygens (including phenoxy) is 2. The van der Waals surface area contributed by atoms with Crippen LogP contribution in [0.3, 0.4) is 0 Å². The number of pyridine rings is 1. The summed E-state index contributed by atoms with van der Waals surface area (Å²) in [7, 11) is 0. The maximum Gasteiger partial charge on any atom is 0.337 e. The normalized spacial score (nSPS) is 16.5. The molecule has 9 heteroatoms. The smallest absolute Gasteiger partial charge is 0.337 e. The molecule has 0 saturated carbocycles. The minimum atomic E-state index is -0.861. The Morgan fingerprint density at radius 2 is 1.88 bits per heavy atom. The van der Waals surface area contributed by atoms with Gasteiger partial charge in [-0.25, -0.2) is 9.78 Å². The van der Waals surface area contributed by atoms with Crippen LogP contribution in [0, 0.1) is 32.1 Å². The summed E-state index contributed by atoms with van der Waals surface area (Å²) in [4.78, 5) is 34.0. The van der Waals surface area contributed by atoms with Gasteiger partial charge in [-0.15, -0.1) is 0 Å². The molecule has 1 amide bonds. The average Bonchev–Trinajstić information content (AvgIpc) is 3.11. The first kappa shape index (κ1) is 29.0. The summed E-state index contributed by atoms with van der Waals surface area (Å²) in [5.41, 5.74) is 11.9. The summed E-state index contributed by atoms with van der Waals surface area (Å²) < 4.78 is 11.8. The molecule has 0 aliphatic carbocycles. The molecule has 2 aliphatic rings. The van der Waals surface area contributed by atoms with Gasteiger partial charge in [-0.2, -0.15) is 5.26 Å². The Bertz CT molecular complexity index is 1690. The van der Waals surface area contributed by atoms with Crippen molar-refractivity contribution in [1.82, 2.24) is 9.88 Å². The van der Waals surface area contributed by atoms with Crippen LogP contribution < -0.4 is 10.5 Å². The summed E-state index contributed by atoms with van der Waals surface area (Å²) in [5, 5.41) is 11.0. The number of carbonyl (C=O) groups is 2. The zero-order valence-electron chi connectivity index (χ0n) is 24.2. The molecule has 3 aromatic rings. The first-order chi connectivity index (χ1) is 20.1. The molecule has 5 rings (SSSR count). The Morgan fingerprint density at radius 1 is 1.14 bits per heavy atom. The van der Waals surface area contributed by atoms with Gasteiger partial charge < -0.3 is 15.2 Å². The van der Waals surface area contributed by atoms with E-state index in [1.54, 1.807) is 19.9 Å². The van der Waals surface area contributed by atoms with Crippen LogP contribution >= 0.6 is 11.8 Å². The number of aryl methyl sites for hydroxylation is 1. The summed E-state index contributed by atoms with van der Waals surface area (Å²) in [6.07, 6.45) is -0.422. The van der Waals surface area contributed by atoms with Crippen LogP contribution in [-0.4, -0.2) is 33.6 Å². The molecule has 8 nitrogen and oxygen atoms in total. The molecule has 42 heavy (non-hydrogen) atoms. The Hall–Kier alpha value is -4.55. The lowest BCUT2D eigenvalue weighted by molar-refractivity contribution is -0.143. The van der Waals surface area contributed by atoms with Gasteiger partial charge in [0.15, 0.2) is 0 Å². The first-order valence-corrected chi connectivity index (χ1v) is 14.7. The van der Waals surface area contributed by atoms with E-state index in [1.807, 2.05) is 69.3 Å². The molecule has 0 radical (unpaired) electrons. The van der Waals surface area contributed by atoms with Crippen molar-refractivity contribution in [2.24, 2.45) is 5.73 Å². The van der Waals surface area contributed by atoms with Crippen molar-refractivity contribution in [3.05, 3.63) is 111 Å². The second-order valence-electron chi connectivity index (χ2n) is 10.6. The largest absolute Gasteiger partial charge is 0.489 e. The van der Waals surface area contributed by atoms with Crippen molar-refractivity contribution in [2.75, 3.05) is 5.75 Å². The molecule has 0 fully saturated rings. The average molecular weight is 581 g/mol. The number of allylic oxidation sites excluding steroid dienone is 1. The highest BCUT2D eigenvalue weighted by Gasteiger charge is 2.44. The second-order valence-corrected chi connectivity index (χ2v) is 11.5. The predicted octanol–water partition coefficient (Wildman–Crippen LogP) is 5.83. The lowest BCUT2D eigenvalue weighted by atomic mass is 9.81. The van der Waals surface area contributed by atoms with E-state index in [4.69, 9.17) is 20.2 Å². The molecular formula is C33H32N4O4S. The van der Waals surface area contributed by atoms with Crippen LogP contribution in [0.25, 0.3) is 0 Å². The molecule has 214 valence electrons. The SMILES string of the molecule is Cc1nc2c(c(C)c1C)C(=O)N1C(N)=C(C#N)C(c3cccc(OCc4ccccc4)c3)C(C(=O)OC(C)C)=C1CS2. The molecule has 1 atom stereocenters. The van der Waals surface area contributed by atoms with Gasteiger partial charge in [-0.05, 0) is 69.0 Å². The van der Waals surface area contributed by atoms with E-state index in [1.165, 1.54) is 16.7 Å². The number of nitrogens with zero attached hydrogens (tertiary/aromatic N) is 3. The fourth-order valence-corrected chi connectivity index (χ4v) is 6.37. The molecule has 2 aliphatic heterocycles. The predicted molar refractivity (Wildman–Crippen MR) is 160 cm³/mol. The van der Waals surface area contributed by atoms with Gasteiger partial charge in [-0.1, -0.05) is 54.2 Å². The fourth-order valence-electron chi connectivity index (χ4n) is 5.23. The van der Waals surface area contributed by atoms with Crippen LogP contribution in [0.2, 0.25) is 0 Å². The van der Waals surface area contributed by atoms with Crippen LogP contribution in [0.4, 0.5) is 0 Å². The number of rotatable bonds is 6. The number of carbonyl (C=O) groups excluding carboxylic acids is 2. The summed E-state index contributed by atoms with van der Waals surface area (Å²) >= 11 is 1.37. The van der Waals surface area contributed by atoms with Gasteiger partial charge in [0, 0.05) is 17.1 Å². The second kappa shape index (κ2) is 11.7. The monoisotopic (exact) mass is 580 g/mol. The zero-order valence-corrected chi connectivity index (χ0v) is 25.0. The quantitative estimate of drug-likeness (QED) is 0.362. The molecule has 1 unspecified atom stereocenters. The van der Waals surface area contributed by atoms with E-state index in [9.17, 15) is 14.9 Å². The zero-order chi connectivity index (χ0) is 30.1. The topological polar surface area (TPSA) is 119 Å². The van der Waals surface area contributed by atoms with Gasteiger partial charge in [0.2, 0.25) is 0 Å². The van der Waals surface area contributed by atoms with Gasteiger partial charge >= 0.3 is 5.97 Å². The number of nitrogens with two attached hydrogens (primary N) is 1. The van der Waals surface area contributed by atoms with Crippen molar-refractivity contribution >= 4 is 23.6 Å². The van der Waals surface area contributed by atoms with Crippen molar-refractivity contribution in [2.45, 2.75) is 58.3 Å². The number of thioether (sulfide) groups is 1. The molecule has 0 spiro atoms. The maximum absolute atomic E-state index is 14.2. The highest BCUT2D eigenvalue weighted by atomic mass is 32.2. The van der Waals surface area contributed by atoms with Crippen LogP contribution in [-0.2, 0) is 16.1 Å². The van der Waals surface area contributed by atoms with Gasteiger partial charge in [-0.3, -0.25) is 9.69 Å². The number of esters is 1. The van der Waals surface area contributed by atoms with Crippen LogP contribution in [0.15, 0.2) is 82.3 Å². The van der Waals surface area contributed by atoms with E-state index < -0.39 is 23.9 Å². The van der Waals surface area contributed by atoms with Gasteiger partial charge in [0.1, 0.15) is 23.2 Å². The van der Waals surface area contributed by atoms with E-state index in [2.05, 4.69) is 6.07 Å². The third-order valence-corrected chi connectivity index (χ3v) is 8.51. The highest BCUT2D eigenvalue weighted by molar-refractivity contribution is 7.99. The van der Waals surface area contributed by atoms with E-state index in [0.29, 0.717) is 34.2 Å². The number of aromatic nitrogens is 1. The molecule has 3 heterocycles. The molecule has 2 aromatic carbocycles. The lowest BCUT2D eigenvalue weighted by Gasteiger charge is -2.35. The number of hydrogen-bond donors (Lipinski definition) is 1. The summed E-state index contributed by atoms with van der Waals surface area (Å²) in [5.74, 6) is -1.10. The van der Waals surface area contributed by atoms with E-state index >= 15 is 0 Å². The van der Waals surface area contributed by atoms with E-state index in [0.717, 1.165) is 22.4 Å². The number of hydrogen-bond acceptors (Lipinski definition) is 8. The molecule has 0 bridgehead atoms. The van der Waals surface area contributed by atoms with Crippen molar-refractivity contribution in [3.8, 4) is 11.8 Å². The third kappa shape index (κ3) is 5.26. The number of benzene rings is 2. The van der Waals surface area contributed by atoms with Crippen molar-refractivity contribution in [3.63, 3.8) is 0 Å². The standard InChI is InChI=1S/C33H32N4O4S/c1-18(2)41-33(39)29-26-17-42-31-27(20(4)19(3)21(5)36-31)32(38)37(26)30(35)25(15-34)28(29)23-12-9-13-24(14-23)40-16-22-10-7-6-8-11-22/h6-14,18,28H,16-17,35H2,1-5H3. The number of nitriles is 1. The minimum Gasteiger partial charge on any atom is -0.489 e. The van der Waals surface area contributed by atoms with Gasteiger partial charge in [0.25, 0.3) is 5.91 Å².